The van der Waals surface area contributed by atoms with Crippen LogP contribution in [0.2, 0.25) is 20.1 Å². The van der Waals surface area contributed by atoms with E-state index in [-0.39, 0.29) is 0 Å². The number of hydrogen-bond donors (Lipinski definition) is 0. The molecule has 94 valence electrons. The molecule has 0 fully saturated rings. The van der Waals surface area contributed by atoms with Gasteiger partial charge in [0.25, 0.3) is 0 Å². The zero-order valence-corrected chi connectivity index (χ0v) is 12.3. The maximum atomic E-state index is 6.19. The highest BCUT2D eigenvalue weighted by atomic mass is 35.5. The minimum absolute atomic E-state index is 0.394. The quantitative estimate of drug-likeness (QED) is 0.618. The van der Waals surface area contributed by atoms with E-state index >= 15 is 0 Å². The van der Waals surface area contributed by atoms with Crippen molar-refractivity contribution in [3.63, 3.8) is 0 Å². The molecule has 0 aliphatic rings. The van der Waals surface area contributed by atoms with Crippen LogP contribution >= 0.6 is 46.4 Å². The molecule has 0 heterocycles. The van der Waals surface area contributed by atoms with Crippen molar-refractivity contribution >= 4 is 46.4 Å². The van der Waals surface area contributed by atoms with Crippen LogP contribution in [0.3, 0.4) is 0 Å². The fourth-order valence-electron chi connectivity index (χ4n) is 1.59. The predicted octanol–water partition coefficient (Wildman–Crippen LogP) is 5.98. The summed E-state index contributed by atoms with van der Waals surface area (Å²) in [5, 5.41) is 1.85. The fourth-order valence-corrected chi connectivity index (χ4v) is 2.57. The largest absolute Gasteiger partial charge is 0.497 e. The zero-order valence-electron chi connectivity index (χ0n) is 9.31. The second kappa shape index (κ2) is 5.58. The van der Waals surface area contributed by atoms with Crippen LogP contribution in [0.4, 0.5) is 0 Å². The van der Waals surface area contributed by atoms with E-state index in [0.717, 1.165) is 5.56 Å². The number of ether oxygens (including phenoxy) is 1. The highest BCUT2D eigenvalue weighted by Gasteiger charge is 2.12. The molecule has 18 heavy (non-hydrogen) atoms. The van der Waals surface area contributed by atoms with Crippen molar-refractivity contribution in [2.75, 3.05) is 7.11 Å². The third kappa shape index (κ3) is 2.70. The van der Waals surface area contributed by atoms with Gasteiger partial charge in [-0.25, -0.2) is 0 Å². The van der Waals surface area contributed by atoms with Gasteiger partial charge in [0.15, 0.2) is 0 Å². The molecule has 2 aromatic rings. The molecular formula is C13H8Cl4O. The van der Waals surface area contributed by atoms with Crippen LogP contribution in [-0.2, 0) is 0 Å². The maximum absolute atomic E-state index is 6.19. The van der Waals surface area contributed by atoms with Gasteiger partial charge >= 0.3 is 0 Å². The Morgan fingerprint density at radius 2 is 1.56 bits per heavy atom. The first-order chi connectivity index (χ1) is 8.52. The normalized spacial score (nSPS) is 10.5. The lowest BCUT2D eigenvalue weighted by molar-refractivity contribution is 0.415. The van der Waals surface area contributed by atoms with Gasteiger partial charge in [-0.05, 0) is 30.3 Å². The smallest absolute Gasteiger partial charge is 0.120 e. The Kier molecular flexibility index (Phi) is 4.29. The summed E-state index contributed by atoms with van der Waals surface area (Å²) < 4.78 is 5.09. The lowest BCUT2D eigenvalue weighted by atomic mass is 10.1. The summed E-state index contributed by atoms with van der Waals surface area (Å²) in [4.78, 5) is 0. The Bertz CT molecular complexity index is 596. The van der Waals surface area contributed by atoms with Crippen LogP contribution in [0, 0.1) is 0 Å². The van der Waals surface area contributed by atoms with E-state index in [4.69, 9.17) is 51.1 Å². The van der Waals surface area contributed by atoms with E-state index in [1.165, 1.54) is 0 Å². The second-order valence-electron chi connectivity index (χ2n) is 3.59. The Labute approximate surface area is 125 Å². The van der Waals surface area contributed by atoms with E-state index < -0.39 is 0 Å². The molecule has 0 saturated heterocycles. The Morgan fingerprint density at radius 3 is 2.17 bits per heavy atom. The second-order valence-corrected chi connectivity index (χ2v) is 5.22. The van der Waals surface area contributed by atoms with Gasteiger partial charge in [0.1, 0.15) is 5.75 Å². The van der Waals surface area contributed by atoms with Crippen molar-refractivity contribution in [2.45, 2.75) is 0 Å². The van der Waals surface area contributed by atoms with E-state index in [0.29, 0.717) is 31.4 Å². The highest BCUT2D eigenvalue weighted by Crippen LogP contribution is 2.40. The molecule has 0 saturated carbocycles. The molecule has 2 rings (SSSR count). The summed E-state index contributed by atoms with van der Waals surface area (Å²) in [6.07, 6.45) is 0. The van der Waals surface area contributed by atoms with Gasteiger partial charge in [-0.1, -0.05) is 46.4 Å². The van der Waals surface area contributed by atoms with Crippen LogP contribution in [0.25, 0.3) is 11.1 Å². The van der Waals surface area contributed by atoms with Crippen molar-refractivity contribution in [3.8, 4) is 16.9 Å². The van der Waals surface area contributed by atoms with Gasteiger partial charge in [0.05, 0.1) is 22.2 Å². The van der Waals surface area contributed by atoms with E-state index in [9.17, 15) is 0 Å². The molecule has 0 aliphatic heterocycles. The molecule has 0 N–H and O–H groups in total. The molecule has 2 aromatic carbocycles. The van der Waals surface area contributed by atoms with Gasteiger partial charge in [0.2, 0.25) is 0 Å². The number of hydrogen-bond acceptors (Lipinski definition) is 1. The SMILES string of the molecule is COc1ccc(-c2cc(Cl)cc(Cl)c2Cl)c(Cl)c1. The van der Waals surface area contributed by atoms with Crippen LogP contribution in [0.1, 0.15) is 0 Å². The molecule has 0 aliphatic carbocycles. The van der Waals surface area contributed by atoms with E-state index in [1.54, 1.807) is 31.4 Å². The molecule has 0 unspecified atom stereocenters. The first-order valence-corrected chi connectivity index (χ1v) is 6.52. The zero-order chi connectivity index (χ0) is 13.3. The van der Waals surface area contributed by atoms with Crippen LogP contribution in [0.5, 0.6) is 5.75 Å². The minimum Gasteiger partial charge on any atom is -0.497 e. The topological polar surface area (TPSA) is 9.23 Å². The Morgan fingerprint density at radius 1 is 0.833 bits per heavy atom. The maximum Gasteiger partial charge on any atom is 0.120 e. The average molecular weight is 322 g/mol. The van der Waals surface area contributed by atoms with Crippen LogP contribution < -0.4 is 4.74 Å². The van der Waals surface area contributed by atoms with Gasteiger partial charge < -0.3 is 4.74 Å². The average Bonchev–Trinajstić information content (AvgIpc) is 2.34. The van der Waals surface area contributed by atoms with Gasteiger partial charge in [0, 0.05) is 16.1 Å². The van der Waals surface area contributed by atoms with E-state index in [2.05, 4.69) is 0 Å². The number of benzene rings is 2. The van der Waals surface area contributed by atoms with Crippen molar-refractivity contribution in [2.24, 2.45) is 0 Å². The summed E-state index contributed by atoms with van der Waals surface area (Å²) in [6.45, 7) is 0. The molecular weight excluding hydrogens is 314 g/mol. The van der Waals surface area contributed by atoms with Crippen molar-refractivity contribution in [3.05, 3.63) is 50.4 Å². The van der Waals surface area contributed by atoms with Gasteiger partial charge in [-0.2, -0.15) is 0 Å². The first kappa shape index (κ1) is 13.8. The lowest BCUT2D eigenvalue weighted by Gasteiger charge is -2.10. The molecule has 0 atom stereocenters. The fraction of sp³-hybridized carbons (Fsp3) is 0.0769. The van der Waals surface area contributed by atoms with Crippen molar-refractivity contribution < 1.29 is 4.74 Å². The summed E-state index contributed by atoms with van der Waals surface area (Å²) >= 11 is 24.3. The molecule has 0 bridgehead atoms. The van der Waals surface area contributed by atoms with Crippen LogP contribution in [0.15, 0.2) is 30.3 Å². The third-order valence-corrected chi connectivity index (χ3v) is 3.79. The summed E-state index contributed by atoms with van der Waals surface area (Å²) in [5.41, 5.74) is 1.45. The summed E-state index contributed by atoms with van der Waals surface area (Å²) in [5.74, 6) is 0.674. The minimum atomic E-state index is 0.394. The van der Waals surface area contributed by atoms with Gasteiger partial charge in [-0.15, -0.1) is 0 Å². The molecule has 0 radical (unpaired) electrons. The van der Waals surface area contributed by atoms with E-state index in [1.807, 2.05) is 6.07 Å². The van der Waals surface area contributed by atoms with Crippen LogP contribution in [-0.4, -0.2) is 7.11 Å². The number of methoxy groups -OCH3 is 1. The third-order valence-electron chi connectivity index (χ3n) is 2.46. The highest BCUT2D eigenvalue weighted by molar-refractivity contribution is 6.45. The number of rotatable bonds is 2. The molecule has 5 heteroatoms. The summed E-state index contributed by atoms with van der Waals surface area (Å²) in [6, 6.07) is 8.64. The molecule has 1 nitrogen and oxygen atoms in total. The standard InChI is InChI=1S/C13H8Cl4O/c1-18-8-2-3-9(11(15)6-8)10-4-7(14)5-12(16)13(10)17/h2-6H,1H3. The lowest BCUT2D eigenvalue weighted by Crippen LogP contribution is -1.86. The monoisotopic (exact) mass is 320 g/mol. The Hall–Kier alpha value is -0.600. The molecule has 0 spiro atoms. The summed E-state index contributed by atoms with van der Waals surface area (Å²) in [7, 11) is 1.58. The van der Waals surface area contributed by atoms with Crippen molar-refractivity contribution in [1.29, 1.82) is 0 Å². The first-order valence-electron chi connectivity index (χ1n) is 5.01. The molecule has 0 amide bonds. The predicted molar refractivity (Wildman–Crippen MR) is 78.5 cm³/mol. The molecule has 0 aromatic heterocycles. The number of halogens is 4. The Balaban J connectivity index is 2.62. The van der Waals surface area contributed by atoms with Crippen molar-refractivity contribution in [1.82, 2.24) is 0 Å². The van der Waals surface area contributed by atoms with Gasteiger partial charge in [-0.3, -0.25) is 0 Å².